The first-order valence-electron chi connectivity index (χ1n) is 11.9. The van der Waals surface area contributed by atoms with Crippen LogP contribution < -0.4 is 4.74 Å². The standard InChI is InChI=1S/C27H30N2O5/c1-17(15-24(30)28-10-12-29(13-11-28)27(31)23-9-6-14-33-23)20-16-21-19-7-4-5-8-22(19)34-26(21)18(2)25(20)32-3/h6,9,14-16H,4-5,7-8,10-13H2,1-3H3/b17-15+. The molecule has 0 radical (unpaired) electrons. The van der Waals surface area contributed by atoms with E-state index in [1.54, 1.807) is 35.1 Å². The third kappa shape index (κ3) is 3.89. The van der Waals surface area contributed by atoms with Crippen molar-refractivity contribution in [3.63, 3.8) is 0 Å². The number of ether oxygens (including phenoxy) is 1. The lowest BCUT2D eigenvalue weighted by atomic mass is 9.93. The summed E-state index contributed by atoms with van der Waals surface area (Å²) in [5.41, 5.74) is 4.93. The van der Waals surface area contributed by atoms with Gasteiger partial charge < -0.3 is 23.4 Å². The van der Waals surface area contributed by atoms with E-state index < -0.39 is 0 Å². The Balaban J connectivity index is 1.36. The number of allylic oxidation sites excluding steroid dienone is 1. The molecule has 1 aromatic carbocycles. The van der Waals surface area contributed by atoms with E-state index in [4.69, 9.17) is 13.6 Å². The number of hydrogen-bond acceptors (Lipinski definition) is 5. The number of piperazine rings is 1. The van der Waals surface area contributed by atoms with Crippen LogP contribution in [0.4, 0.5) is 0 Å². The van der Waals surface area contributed by atoms with E-state index >= 15 is 0 Å². The Hall–Kier alpha value is -3.48. The first kappa shape index (κ1) is 22.3. The second-order valence-electron chi connectivity index (χ2n) is 9.09. The van der Waals surface area contributed by atoms with E-state index in [-0.39, 0.29) is 11.8 Å². The summed E-state index contributed by atoms with van der Waals surface area (Å²) < 4.78 is 17.2. The summed E-state index contributed by atoms with van der Waals surface area (Å²) in [7, 11) is 1.66. The van der Waals surface area contributed by atoms with Gasteiger partial charge in [0.15, 0.2) is 5.76 Å². The Morgan fingerprint density at radius 3 is 2.53 bits per heavy atom. The highest BCUT2D eigenvalue weighted by Gasteiger charge is 2.26. The molecule has 0 unspecified atom stereocenters. The molecule has 7 nitrogen and oxygen atoms in total. The zero-order valence-electron chi connectivity index (χ0n) is 20.0. The predicted molar refractivity (Wildman–Crippen MR) is 129 cm³/mol. The van der Waals surface area contributed by atoms with Crippen LogP contribution in [0.3, 0.4) is 0 Å². The Kier molecular flexibility index (Phi) is 5.94. The first-order valence-corrected chi connectivity index (χ1v) is 11.9. The van der Waals surface area contributed by atoms with E-state index in [1.165, 1.54) is 18.2 Å². The van der Waals surface area contributed by atoms with Gasteiger partial charge in [-0.05, 0) is 56.9 Å². The zero-order valence-corrected chi connectivity index (χ0v) is 20.0. The molecule has 34 heavy (non-hydrogen) atoms. The highest BCUT2D eigenvalue weighted by molar-refractivity contribution is 5.99. The second-order valence-corrected chi connectivity index (χ2v) is 9.09. The van der Waals surface area contributed by atoms with Crippen LogP contribution in [0.5, 0.6) is 5.75 Å². The topological polar surface area (TPSA) is 76.1 Å². The first-order chi connectivity index (χ1) is 16.5. The minimum Gasteiger partial charge on any atom is -0.496 e. The number of amides is 2. The molecule has 1 saturated heterocycles. The fourth-order valence-electron chi connectivity index (χ4n) is 5.13. The molecule has 1 aliphatic heterocycles. The van der Waals surface area contributed by atoms with Gasteiger partial charge in [0, 0.05) is 60.8 Å². The average molecular weight is 463 g/mol. The van der Waals surface area contributed by atoms with Crippen LogP contribution in [-0.4, -0.2) is 54.9 Å². The number of methoxy groups -OCH3 is 1. The Morgan fingerprint density at radius 1 is 1.09 bits per heavy atom. The molecule has 3 aromatic rings. The van der Waals surface area contributed by atoms with Gasteiger partial charge in [-0.25, -0.2) is 0 Å². The van der Waals surface area contributed by atoms with E-state index in [0.29, 0.717) is 31.9 Å². The molecular formula is C27H30N2O5. The number of aryl methyl sites for hydroxylation is 3. The Labute approximate surface area is 198 Å². The zero-order chi connectivity index (χ0) is 23.8. The molecule has 5 rings (SSSR count). The van der Waals surface area contributed by atoms with Gasteiger partial charge in [-0.3, -0.25) is 9.59 Å². The molecule has 0 atom stereocenters. The van der Waals surface area contributed by atoms with E-state index in [2.05, 4.69) is 6.07 Å². The summed E-state index contributed by atoms with van der Waals surface area (Å²) in [5.74, 6) is 1.96. The van der Waals surface area contributed by atoms with Crippen LogP contribution in [0.15, 0.2) is 39.4 Å². The van der Waals surface area contributed by atoms with Gasteiger partial charge in [0.1, 0.15) is 17.1 Å². The maximum atomic E-state index is 13.1. The van der Waals surface area contributed by atoms with Crippen molar-refractivity contribution in [2.45, 2.75) is 39.5 Å². The van der Waals surface area contributed by atoms with E-state index in [9.17, 15) is 9.59 Å². The molecule has 2 aliphatic rings. The van der Waals surface area contributed by atoms with Gasteiger partial charge in [0.25, 0.3) is 5.91 Å². The molecule has 2 aromatic heterocycles. The summed E-state index contributed by atoms with van der Waals surface area (Å²) in [5, 5.41) is 1.13. The van der Waals surface area contributed by atoms with Crippen LogP contribution in [0, 0.1) is 6.92 Å². The molecule has 0 saturated carbocycles. The Bertz CT molecular complexity index is 1260. The normalized spacial score (nSPS) is 16.6. The summed E-state index contributed by atoms with van der Waals surface area (Å²) in [6.07, 6.45) is 7.50. The highest BCUT2D eigenvalue weighted by atomic mass is 16.5. The summed E-state index contributed by atoms with van der Waals surface area (Å²) >= 11 is 0. The quantitative estimate of drug-likeness (QED) is 0.529. The van der Waals surface area contributed by atoms with Crippen molar-refractivity contribution in [3.8, 4) is 5.75 Å². The van der Waals surface area contributed by atoms with Gasteiger partial charge in [0.05, 0.1) is 13.4 Å². The van der Waals surface area contributed by atoms with Crippen molar-refractivity contribution in [1.29, 1.82) is 0 Å². The van der Waals surface area contributed by atoms with Gasteiger partial charge >= 0.3 is 0 Å². The van der Waals surface area contributed by atoms with Crippen molar-refractivity contribution in [3.05, 3.63) is 58.7 Å². The van der Waals surface area contributed by atoms with Gasteiger partial charge in [-0.1, -0.05) is 0 Å². The summed E-state index contributed by atoms with van der Waals surface area (Å²) in [4.78, 5) is 29.1. The van der Waals surface area contributed by atoms with Crippen LogP contribution in [0.25, 0.3) is 16.5 Å². The number of fused-ring (bicyclic) bond motifs is 3. The molecule has 7 heteroatoms. The number of furan rings is 2. The largest absolute Gasteiger partial charge is 0.496 e. The van der Waals surface area contributed by atoms with Crippen molar-refractivity contribution in [1.82, 2.24) is 9.80 Å². The van der Waals surface area contributed by atoms with Crippen molar-refractivity contribution in [2.24, 2.45) is 0 Å². The number of rotatable bonds is 4. The van der Waals surface area contributed by atoms with Gasteiger partial charge in [-0.2, -0.15) is 0 Å². The number of nitrogens with zero attached hydrogens (tertiary/aromatic N) is 2. The highest BCUT2D eigenvalue weighted by Crippen LogP contribution is 2.41. The summed E-state index contributed by atoms with van der Waals surface area (Å²) in [6, 6.07) is 5.48. The van der Waals surface area contributed by atoms with Crippen LogP contribution >= 0.6 is 0 Å². The molecule has 0 bridgehead atoms. The van der Waals surface area contributed by atoms with Crippen molar-refractivity contribution >= 4 is 28.4 Å². The number of benzene rings is 1. The smallest absolute Gasteiger partial charge is 0.289 e. The maximum absolute atomic E-state index is 13.1. The molecular weight excluding hydrogens is 432 g/mol. The minimum absolute atomic E-state index is 0.0587. The van der Waals surface area contributed by atoms with E-state index in [0.717, 1.165) is 58.4 Å². The van der Waals surface area contributed by atoms with Gasteiger partial charge in [0.2, 0.25) is 5.91 Å². The fourth-order valence-corrected chi connectivity index (χ4v) is 5.13. The molecule has 3 heterocycles. The SMILES string of the molecule is COc1c(/C(C)=C/C(=O)N2CCN(C(=O)c3ccco3)CC2)cc2c3c(oc2c1C)CCCC3. The van der Waals surface area contributed by atoms with Crippen LogP contribution in [0.1, 0.15) is 52.8 Å². The lowest BCUT2D eigenvalue weighted by Crippen LogP contribution is -2.50. The second kappa shape index (κ2) is 9.05. The van der Waals surface area contributed by atoms with Crippen LogP contribution in [0.2, 0.25) is 0 Å². The van der Waals surface area contributed by atoms with Crippen molar-refractivity contribution in [2.75, 3.05) is 33.3 Å². The molecule has 2 amide bonds. The monoisotopic (exact) mass is 462 g/mol. The van der Waals surface area contributed by atoms with E-state index in [1.807, 2.05) is 13.8 Å². The fraction of sp³-hybridized carbons (Fsp3) is 0.407. The minimum atomic E-state index is -0.138. The number of hydrogen-bond donors (Lipinski definition) is 0. The maximum Gasteiger partial charge on any atom is 0.289 e. The number of carbonyl (C=O) groups is 2. The molecule has 1 aliphatic carbocycles. The van der Waals surface area contributed by atoms with Crippen LogP contribution in [-0.2, 0) is 17.6 Å². The van der Waals surface area contributed by atoms with Crippen molar-refractivity contribution < 1.29 is 23.2 Å². The number of carbonyl (C=O) groups excluding carboxylic acids is 2. The third-order valence-electron chi connectivity index (χ3n) is 7.01. The molecule has 1 fully saturated rings. The summed E-state index contributed by atoms with van der Waals surface area (Å²) in [6.45, 7) is 5.90. The molecule has 178 valence electrons. The Morgan fingerprint density at radius 2 is 1.82 bits per heavy atom. The third-order valence-corrected chi connectivity index (χ3v) is 7.01. The molecule has 0 spiro atoms. The lowest BCUT2D eigenvalue weighted by Gasteiger charge is -2.34. The molecule has 0 N–H and O–H groups in total. The predicted octanol–water partition coefficient (Wildman–Crippen LogP) is 4.61. The average Bonchev–Trinajstić information content (AvgIpc) is 3.52. The van der Waals surface area contributed by atoms with Gasteiger partial charge in [-0.15, -0.1) is 0 Å². The lowest BCUT2D eigenvalue weighted by molar-refractivity contribution is -0.127.